The maximum absolute atomic E-state index is 13.7. The van der Waals surface area contributed by atoms with Crippen molar-refractivity contribution in [2.45, 2.75) is 69.1 Å². The Balaban J connectivity index is 0.000000179. The van der Waals surface area contributed by atoms with E-state index in [1.165, 1.54) is 40.7 Å². The lowest BCUT2D eigenvalue weighted by atomic mass is 10.1. The first-order valence-corrected chi connectivity index (χ1v) is 25.3. The molecule has 0 aliphatic carbocycles. The first-order valence-electron chi connectivity index (χ1n) is 24.6. The molecule has 3 fully saturated rings. The highest BCUT2D eigenvalue weighted by molar-refractivity contribution is 6.34. The fourth-order valence-electron chi connectivity index (χ4n) is 9.58. The Morgan fingerprint density at radius 3 is 1.67 bits per heavy atom. The Hall–Kier alpha value is -7.36. The van der Waals surface area contributed by atoms with Crippen molar-refractivity contribution in [2.75, 3.05) is 82.8 Å². The van der Waals surface area contributed by atoms with Crippen LogP contribution in [-0.4, -0.2) is 135 Å². The molecule has 4 N–H and O–H groups in total. The van der Waals surface area contributed by atoms with Gasteiger partial charge in [-0.25, -0.2) is 29.5 Å². The summed E-state index contributed by atoms with van der Waals surface area (Å²) in [6.07, 6.45) is -2.27. The number of halogens is 8. The quantitative estimate of drug-likeness (QED) is 0.0888. The Bertz CT molecular complexity index is 3280. The number of aromatic nitrogens is 6. The molecule has 4 atom stereocenters. The number of anilines is 6. The molecule has 6 aromatic heterocycles. The monoisotopic (exact) mass is 1140 g/mol. The van der Waals surface area contributed by atoms with Crippen LogP contribution in [0.1, 0.15) is 37.8 Å². The van der Waals surface area contributed by atoms with Crippen LogP contribution in [0.25, 0.3) is 22.5 Å². The van der Waals surface area contributed by atoms with Gasteiger partial charge in [-0.2, -0.15) is 26.3 Å². The van der Waals surface area contributed by atoms with Gasteiger partial charge in [-0.3, -0.25) is 19.8 Å². The van der Waals surface area contributed by atoms with Gasteiger partial charge in [0.25, 0.3) is 0 Å². The second-order valence-corrected chi connectivity index (χ2v) is 20.1. The minimum Gasteiger partial charge on any atom is -0.475 e. The highest BCUT2D eigenvalue weighted by Gasteiger charge is 2.43. The van der Waals surface area contributed by atoms with E-state index < -0.39 is 54.0 Å². The number of ether oxygens (including phenoxy) is 4. The van der Waals surface area contributed by atoms with Crippen LogP contribution in [0, 0.1) is 0 Å². The van der Waals surface area contributed by atoms with Crippen molar-refractivity contribution in [3.05, 3.63) is 107 Å². The lowest BCUT2D eigenvalue weighted by Crippen LogP contribution is -2.48. The van der Waals surface area contributed by atoms with E-state index in [-0.39, 0.29) is 75.7 Å². The van der Waals surface area contributed by atoms with Crippen LogP contribution < -0.4 is 39.7 Å². The molecule has 0 spiro atoms. The van der Waals surface area contributed by atoms with Gasteiger partial charge < -0.3 is 49.6 Å². The number of aliphatic hydroxyl groups excluding tert-OH is 2. The fourth-order valence-corrected chi connectivity index (χ4v) is 10.1. The van der Waals surface area contributed by atoms with Gasteiger partial charge in [0.15, 0.2) is 17.4 Å². The maximum Gasteiger partial charge on any atom is 0.417 e. The topological polar surface area (TPSA) is 226 Å². The van der Waals surface area contributed by atoms with E-state index >= 15 is 0 Å². The molecule has 6 aromatic rings. The first-order chi connectivity index (χ1) is 37.6. The third kappa shape index (κ3) is 12.1. The van der Waals surface area contributed by atoms with E-state index in [0.29, 0.717) is 80.1 Å². The number of urea groups is 2. The molecule has 11 rings (SSSR count). The molecule has 5 aliphatic heterocycles. The Labute approximate surface area is 456 Å². The van der Waals surface area contributed by atoms with Crippen molar-refractivity contribution < 1.29 is 65.1 Å². The molecule has 28 heteroatoms. The number of amides is 4. The maximum atomic E-state index is 13.7. The van der Waals surface area contributed by atoms with Crippen molar-refractivity contribution in [2.24, 2.45) is 0 Å². The lowest BCUT2D eigenvalue weighted by Gasteiger charge is -2.36. The minimum absolute atomic E-state index is 0.0712. The number of carbonyl (C=O) groups excluding carboxylic acids is 2. The van der Waals surface area contributed by atoms with Crippen LogP contribution in [0.5, 0.6) is 11.8 Å². The summed E-state index contributed by atoms with van der Waals surface area (Å²) in [6, 6.07) is 9.97. The molecule has 3 saturated heterocycles. The summed E-state index contributed by atoms with van der Waals surface area (Å²) in [5, 5.41) is 24.4. The molecule has 4 amide bonds. The van der Waals surface area contributed by atoms with Crippen LogP contribution in [0.15, 0.2) is 85.7 Å². The SMILES string of the molecule is CC1(C)OC[C@@H](COc2cc(NC(=O)N3c4nc(-c5cncc(C(F)(F)F)c5)c(Cl)cc4N4CC[C@H]3C4)ccn2)O1.O=C(Nc1ccnc(OC[C@@H](O)CO)c1)N1c2nc(-c3cncc(C(F)(F)F)c3)c(Cl)cc2N2CC[C@H]1C2. The van der Waals surface area contributed by atoms with Gasteiger partial charge in [0.05, 0.1) is 69.2 Å². The Morgan fingerprint density at radius 1 is 0.747 bits per heavy atom. The number of nitrogens with zero attached hydrogens (tertiary/aromatic N) is 10. The number of hydrogen-bond donors (Lipinski definition) is 4. The van der Waals surface area contributed by atoms with Crippen molar-refractivity contribution in [1.29, 1.82) is 0 Å². The van der Waals surface area contributed by atoms with E-state index in [1.807, 2.05) is 18.7 Å². The fraction of sp³-hybridized carbons (Fsp3) is 0.373. The zero-order valence-corrected chi connectivity index (χ0v) is 43.3. The van der Waals surface area contributed by atoms with Crippen LogP contribution in [-0.2, 0) is 21.8 Å². The van der Waals surface area contributed by atoms with E-state index in [0.717, 1.165) is 24.5 Å². The van der Waals surface area contributed by atoms with E-state index in [4.69, 9.17) is 47.3 Å². The lowest BCUT2D eigenvalue weighted by molar-refractivity contribution is -0.141. The minimum atomic E-state index is -4.59. The van der Waals surface area contributed by atoms with Gasteiger partial charge in [0, 0.05) is 98.0 Å². The molecule has 5 aliphatic rings. The molecule has 20 nitrogen and oxygen atoms in total. The number of fused-ring (bicyclic) bond motifs is 8. The largest absolute Gasteiger partial charge is 0.475 e. The number of pyridine rings is 6. The van der Waals surface area contributed by atoms with Crippen molar-refractivity contribution >= 4 is 69.6 Å². The highest BCUT2D eigenvalue weighted by Crippen LogP contribution is 2.46. The summed E-state index contributed by atoms with van der Waals surface area (Å²) in [7, 11) is 0. The summed E-state index contributed by atoms with van der Waals surface area (Å²) in [6.45, 7) is 6.08. The molecule has 11 heterocycles. The van der Waals surface area contributed by atoms with Crippen molar-refractivity contribution in [1.82, 2.24) is 29.9 Å². The number of aliphatic hydroxyl groups is 2. The summed E-state index contributed by atoms with van der Waals surface area (Å²) >= 11 is 13.0. The van der Waals surface area contributed by atoms with Gasteiger partial charge in [-0.05, 0) is 63.1 Å². The average molecular weight is 1140 g/mol. The Kier molecular flexibility index (Phi) is 15.3. The summed E-state index contributed by atoms with van der Waals surface area (Å²) in [4.78, 5) is 59.1. The summed E-state index contributed by atoms with van der Waals surface area (Å²) in [5.74, 6) is 0.328. The smallest absolute Gasteiger partial charge is 0.417 e. The third-order valence-corrected chi connectivity index (χ3v) is 13.9. The summed E-state index contributed by atoms with van der Waals surface area (Å²) < 4.78 is 102. The number of nitrogens with one attached hydrogen (secondary N) is 2. The van der Waals surface area contributed by atoms with Gasteiger partial charge in [-0.1, -0.05) is 23.2 Å². The van der Waals surface area contributed by atoms with Gasteiger partial charge in [-0.15, -0.1) is 0 Å². The van der Waals surface area contributed by atoms with Crippen LogP contribution >= 0.6 is 23.2 Å². The molecule has 0 unspecified atom stereocenters. The van der Waals surface area contributed by atoms with Crippen LogP contribution in [0.4, 0.5) is 70.3 Å². The van der Waals surface area contributed by atoms with E-state index in [9.17, 15) is 41.0 Å². The number of alkyl halides is 6. The average Bonchev–Trinajstić information content (AvgIpc) is 4.33. The van der Waals surface area contributed by atoms with Crippen molar-refractivity contribution in [3.63, 3.8) is 0 Å². The Morgan fingerprint density at radius 2 is 1.23 bits per heavy atom. The van der Waals surface area contributed by atoms with E-state index in [1.54, 1.807) is 30.3 Å². The molecular formula is C51H48Cl2F6N12O8. The highest BCUT2D eigenvalue weighted by atomic mass is 35.5. The number of hydrogen-bond acceptors (Lipinski definition) is 16. The zero-order valence-electron chi connectivity index (χ0n) is 41.8. The molecule has 0 saturated carbocycles. The van der Waals surface area contributed by atoms with Crippen LogP contribution in [0.3, 0.4) is 0 Å². The molecule has 416 valence electrons. The number of carbonyl (C=O) groups is 2. The summed E-state index contributed by atoms with van der Waals surface area (Å²) in [5.41, 5.74) is 0.512. The molecule has 0 radical (unpaired) electrons. The zero-order chi connectivity index (χ0) is 56.0. The van der Waals surface area contributed by atoms with E-state index in [2.05, 4.69) is 45.4 Å². The van der Waals surface area contributed by atoms with Crippen molar-refractivity contribution in [3.8, 4) is 34.3 Å². The molecular weight excluding hydrogens is 1090 g/mol. The van der Waals surface area contributed by atoms with Gasteiger partial charge in [0.1, 0.15) is 25.4 Å². The van der Waals surface area contributed by atoms with Crippen LogP contribution in [0.2, 0.25) is 10.0 Å². The predicted molar refractivity (Wildman–Crippen MR) is 277 cm³/mol. The first kappa shape index (κ1) is 55.0. The molecule has 0 aromatic carbocycles. The third-order valence-electron chi connectivity index (χ3n) is 13.3. The second kappa shape index (κ2) is 22.1. The number of rotatable bonds is 11. The predicted octanol–water partition coefficient (Wildman–Crippen LogP) is 8.95. The molecule has 79 heavy (non-hydrogen) atoms. The van der Waals surface area contributed by atoms with Gasteiger partial charge in [0.2, 0.25) is 11.8 Å². The standard InChI is InChI=1S/C27H26ClF3N6O4.C24H22ClF3N6O4/c1-26(2)40-14-19(41-26)13-39-22-8-17(3-5-33-22)34-25(38)37-18-4-6-36(12-18)21-9-20(28)23(35-24(21)37)15-7-16(11-32-10-15)27(29,30)31;25-18-7-19-22(32-21(18)13-5-14(9-29-8-13)24(26,27)28)34(16-2-4-33(19)10-16)23(37)31-15-1-3-30-20(6-15)38-12-17(36)11-35/h3,5,7-11,18-19H,4,6,12-14H2,1-2H3,(H,33,34,38);1,3,5-9,16-17,35-36H,2,4,10-12H2,(H,30,31,37)/t18-,19+;16-,17-/m00/s1. The second-order valence-electron chi connectivity index (χ2n) is 19.3. The van der Waals surface area contributed by atoms with Gasteiger partial charge >= 0.3 is 24.4 Å². The molecule has 4 bridgehead atoms. The normalized spacial score (nSPS) is 19.3.